The van der Waals surface area contributed by atoms with Crippen LogP contribution in [0.4, 0.5) is 9.18 Å². The first-order chi connectivity index (χ1) is 6.74. The molecule has 0 spiro atoms. The number of hydrogen-bond donors (Lipinski definition) is 1. The number of halogens is 1. The highest BCUT2D eigenvalue weighted by atomic mass is 19.1. The normalized spacial score (nSPS) is 9.57. The third-order valence-electron chi connectivity index (χ3n) is 1.56. The Morgan fingerprint density at radius 1 is 1.50 bits per heavy atom. The predicted octanol–water partition coefficient (Wildman–Crippen LogP) is 2.32. The van der Waals surface area contributed by atoms with Gasteiger partial charge in [-0.1, -0.05) is 19.1 Å². The summed E-state index contributed by atoms with van der Waals surface area (Å²) >= 11 is 0. The summed E-state index contributed by atoms with van der Waals surface area (Å²) in [6.07, 6.45) is 0.184. The van der Waals surface area contributed by atoms with Crippen LogP contribution in [0, 0.1) is 5.82 Å². The lowest BCUT2D eigenvalue weighted by Crippen LogP contribution is -2.27. The van der Waals surface area contributed by atoms with Gasteiger partial charge in [0, 0.05) is 6.54 Å². The number of carbonyl (C=O) groups excluding carboxylic acids is 1. The van der Waals surface area contributed by atoms with Crippen molar-refractivity contribution in [3.63, 3.8) is 0 Å². The summed E-state index contributed by atoms with van der Waals surface area (Å²) in [6, 6.07) is 5.78. The maximum absolute atomic E-state index is 13.0. The minimum Gasteiger partial charge on any atom is -0.407 e. The molecule has 0 saturated heterocycles. The molecule has 0 saturated carbocycles. The molecule has 0 fully saturated rings. The third-order valence-corrected chi connectivity index (χ3v) is 1.56. The van der Waals surface area contributed by atoms with Gasteiger partial charge in [-0.2, -0.15) is 0 Å². The van der Waals surface area contributed by atoms with Crippen LogP contribution in [0.1, 0.15) is 13.3 Å². The Balaban J connectivity index is 2.52. The molecule has 0 atom stereocenters. The zero-order chi connectivity index (χ0) is 10.4. The number of carbonyl (C=O) groups is 1. The second-order valence-electron chi connectivity index (χ2n) is 2.75. The van der Waals surface area contributed by atoms with Crippen molar-refractivity contribution in [2.24, 2.45) is 0 Å². The fourth-order valence-electron chi connectivity index (χ4n) is 0.891. The van der Waals surface area contributed by atoms with E-state index >= 15 is 0 Å². The molecule has 3 nitrogen and oxygen atoms in total. The Kier molecular flexibility index (Phi) is 3.91. The van der Waals surface area contributed by atoms with Crippen molar-refractivity contribution in [2.45, 2.75) is 13.3 Å². The highest BCUT2D eigenvalue weighted by Crippen LogP contribution is 2.15. The molecule has 0 bridgehead atoms. The molecule has 1 N–H and O–H groups in total. The molecule has 0 radical (unpaired) electrons. The first kappa shape index (κ1) is 10.5. The number of ether oxygens (including phenoxy) is 1. The third kappa shape index (κ3) is 3.05. The Morgan fingerprint density at radius 2 is 2.21 bits per heavy atom. The SMILES string of the molecule is CCCNC(=O)Oc1ccccc1F. The summed E-state index contributed by atoms with van der Waals surface area (Å²) in [5, 5.41) is 2.48. The van der Waals surface area contributed by atoms with Gasteiger partial charge in [0.05, 0.1) is 0 Å². The highest BCUT2D eigenvalue weighted by Gasteiger charge is 2.06. The van der Waals surface area contributed by atoms with Crippen LogP contribution in [0.3, 0.4) is 0 Å². The van der Waals surface area contributed by atoms with Crippen LogP contribution in [-0.4, -0.2) is 12.6 Å². The highest BCUT2D eigenvalue weighted by molar-refractivity contribution is 5.70. The number of amides is 1. The molecule has 0 heterocycles. The topological polar surface area (TPSA) is 38.3 Å². The molecule has 4 heteroatoms. The van der Waals surface area contributed by atoms with Crippen molar-refractivity contribution in [3.8, 4) is 5.75 Å². The van der Waals surface area contributed by atoms with E-state index in [1.165, 1.54) is 18.2 Å². The molecule has 0 unspecified atom stereocenters. The van der Waals surface area contributed by atoms with Crippen molar-refractivity contribution in [1.82, 2.24) is 5.32 Å². The average molecular weight is 197 g/mol. The van der Waals surface area contributed by atoms with E-state index < -0.39 is 11.9 Å². The average Bonchev–Trinajstić information content (AvgIpc) is 2.18. The smallest absolute Gasteiger partial charge is 0.407 e. The Hall–Kier alpha value is -1.58. The molecule has 14 heavy (non-hydrogen) atoms. The molecule has 1 aromatic rings. The predicted molar refractivity (Wildman–Crippen MR) is 50.7 cm³/mol. The number of benzene rings is 1. The van der Waals surface area contributed by atoms with Gasteiger partial charge >= 0.3 is 6.09 Å². The second-order valence-corrected chi connectivity index (χ2v) is 2.75. The molecule has 1 aromatic carbocycles. The van der Waals surface area contributed by atoms with Crippen LogP contribution in [0.2, 0.25) is 0 Å². The number of rotatable bonds is 3. The summed E-state index contributed by atoms with van der Waals surface area (Å²) in [4.78, 5) is 11.0. The van der Waals surface area contributed by atoms with E-state index in [0.29, 0.717) is 6.54 Å². The number of para-hydroxylation sites is 1. The maximum Gasteiger partial charge on any atom is 0.412 e. The summed E-state index contributed by atoms with van der Waals surface area (Å²) in [5.41, 5.74) is 0. The summed E-state index contributed by atoms with van der Waals surface area (Å²) in [6.45, 7) is 2.44. The molecule has 0 aromatic heterocycles. The minimum atomic E-state index is -0.628. The van der Waals surface area contributed by atoms with Crippen molar-refractivity contribution in [3.05, 3.63) is 30.1 Å². The molecule has 0 aliphatic carbocycles. The molecular formula is C10H12FNO2. The van der Waals surface area contributed by atoms with Gasteiger partial charge in [-0.3, -0.25) is 0 Å². The van der Waals surface area contributed by atoms with E-state index in [2.05, 4.69) is 5.32 Å². The summed E-state index contributed by atoms with van der Waals surface area (Å²) in [7, 11) is 0. The zero-order valence-electron chi connectivity index (χ0n) is 7.92. The molecule has 76 valence electrons. The van der Waals surface area contributed by atoms with Gasteiger partial charge in [-0.15, -0.1) is 0 Å². The van der Waals surface area contributed by atoms with E-state index in [0.717, 1.165) is 6.42 Å². The summed E-state index contributed by atoms with van der Waals surface area (Å²) in [5.74, 6) is -0.597. The van der Waals surface area contributed by atoms with Gasteiger partial charge in [0.1, 0.15) is 0 Å². The largest absolute Gasteiger partial charge is 0.412 e. The van der Waals surface area contributed by atoms with E-state index in [1.807, 2.05) is 6.92 Å². The van der Waals surface area contributed by atoms with Crippen molar-refractivity contribution >= 4 is 6.09 Å². The van der Waals surface area contributed by atoms with Crippen molar-refractivity contribution in [1.29, 1.82) is 0 Å². The van der Waals surface area contributed by atoms with Crippen LogP contribution in [0.5, 0.6) is 5.75 Å². The zero-order valence-corrected chi connectivity index (χ0v) is 7.92. The van der Waals surface area contributed by atoms with Crippen molar-refractivity contribution < 1.29 is 13.9 Å². The Bertz CT molecular complexity index is 315. The lowest BCUT2D eigenvalue weighted by Gasteiger charge is -2.05. The molecular weight excluding hydrogens is 185 g/mol. The second kappa shape index (κ2) is 5.21. The lowest BCUT2D eigenvalue weighted by molar-refractivity contribution is 0.198. The van der Waals surface area contributed by atoms with Crippen LogP contribution >= 0.6 is 0 Å². The van der Waals surface area contributed by atoms with E-state index in [-0.39, 0.29) is 5.75 Å². The Labute approximate surface area is 81.9 Å². The molecule has 0 aliphatic heterocycles. The standard InChI is InChI=1S/C10H12FNO2/c1-2-7-12-10(13)14-9-6-4-3-5-8(9)11/h3-6H,2,7H2,1H3,(H,12,13). The molecule has 1 amide bonds. The van der Waals surface area contributed by atoms with E-state index in [4.69, 9.17) is 4.74 Å². The van der Waals surface area contributed by atoms with Gasteiger partial charge in [-0.25, -0.2) is 9.18 Å². The van der Waals surface area contributed by atoms with E-state index in [9.17, 15) is 9.18 Å². The Morgan fingerprint density at radius 3 is 2.86 bits per heavy atom. The van der Waals surface area contributed by atoms with Gasteiger partial charge in [0.2, 0.25) is 0 Å². The van der Waals surface area contributed by atoms with Gasteiger partial charge < -0.3 is 10.1 Å². The first-order valence-corrected chi connectivity index (χ1v) is 4.44. The summed E-state index contributed by atoms with van der Waals surface area (Å²) < 4.78 is 17.7. The van der Waals surface area contributed by atoms with Gasteiger partial charge in [-0.05, 0) is 18.6 Å². The van der Waals surface area contributed by atoms with Gasteiger partial charge in [0.15, 0.2) is 11.6 Å². The molecule has 1 rings (SSSR count). The quantitative estimate of drug-likeness (QED) is 0.807. The van der Waals surface area contributed by atoms with Crippen molar-refractivity contribution in [2.75, 3.05) is 6.54 Å². The monoisotopic (exact) mass is 197 g/mol. The van der Waals surface area contributed by atoms with Crippen LogP contribution in [0.25, 0.3) is 0 Å². The fraction of sp³-hybridized carbons (Fsp3) is 0.300. The van der Waals surface area contributed by atoms with Gasteiger partial charge in [0.25, 0.3) is 0 Å². The minimum absolute atomic E-state index is 0.0545. The lowest BCUT2D eigenvalue weighted by atomic mass is 10.3. The van der Waals surface area contributed by atoms with Crippen LogP contribution < -0.4 is 10.1 Å². The maximum atomic E-state index is 13.0. The van der Waals surface area contributed by atoms with E-state index in [1.54, 1.807) is 6.07 Å². The van der Waals surface area contributed by atoms with Crippen LogP contribution in [-0.2, 0) is 0 Å². The number of hydrogen-bond acceptors (Lipinski definition) is 2. The number of nitrogens with one attached hydrogen (secondary N) is 1. The van der Waals surface area contributed by atoms with Crippen LogP contribution in [0.15, 0.2) is 24.3 Å². The molecule has 0 aliphatic rings. The fourth-order valence-corrected chi connectivity index (χ4v) is 0.891. The first-order valence-electron chi connectivity index (χ1n) is 4.44.